The van der Waals surface area contributed by atoms with Gasteiger partial charge >= 0.3 is 0 Å². The van der Waals surface area contributed by atoms with Crippen LogP contribution in [0, 0.1) is 0 Å². The largest absolute Gasteiger partial charge is 0.508 e. The molecule has 1 N–H and O–H groups in total. The first-order valence-corrected chi connectivity index (χ1v) is 16.4. The number of anilines is 3. The van der Waals surface area contributed by atoms with Crippen LogP contribution < -0.4 is 9.64 Å². The second-order valence-electron chi connectivity index (χ2n) is 10.7. The lowest BCUT2D eigenvalue weighted by atomic mass is 10.1. The molecule has 7 heteroatoms. The Balaban J connectivity index is 1.21. The summed E-state index contributed by atoms with van der Waals surface area (Å²) < 4.78 is 6.01. The van der Waals surface area contributed by atoms with Crippen molar-refractivity contribution in [2.45, 2.75) is 45.4 Å². The molecular formula is C36H33NO4S2. The monoisotopic (exact) mass is 607 g/mol. The highest BCUT2D eigenvalue weighted by atomic mass is 32.1. The van der Waals surface area contributed by atoms with E-state index in [1.165, 1.54) is 43.4 Å². The number of unbranched alkanes of at least 4 members (excludes halogenated alkanes) is 5. The molecule has 0 saturated carbocycles. The standard InChI is InChI=1S/C36H33NO4S2/c1-2-3-4-5-6-7-20-41-29-18-14-27(15-19-29)37(26-12-16-28(39)17-13-26)25-10-8-24(9-11-25)33-22-32-34(40)31-21-30(23-38)42-35(31)36(32)43-33/h8-19,21-23,39H,2-7,20H2,1H3. The van der Waals surface area contributed by atoms with E-state index in [0.717, 1.165) is 62.3 Å². The number of phenolic OH excluding ortho intramolecular Hbond substituents is 1. The summed E-state index contributed by atoms with van der Waals surface area (Å²) in [7, 11) is 0. The van der Waals surface area contributed by atoms with Crippen molar-refractivity contribution in [3.05, 3.63) is 101 Å². The predicted molar refractivity (Wildman–Crippen MR) is 177 cm³/mol. The van der Waals surface area contributed by atoms with E-state index in [9.17, 15) is 14.7 Å². The fourth-order valence-electron chi connectivity index (χ4n) is 5.41. The van der Waals surface area contributed by atoms with Crippen molar-refractivity contribution in [1.29, 1.82) is 0 Å². The van der Waals surface area contributed by atoms with E-state index in [1.54, 1.807) is 29.5 Å². The lowest BCUT2D eigenvalue weighted by Crippen LogP contribution is -2.09. The number of thiophene rings is 2. The molecule has 1 aliphatic carbocycles. The lowest BCUT2D eigenvalue weighted by Gasteiger charge is -2.26. The Bertz CT molecular complexity index is 1720. The number of carbonyl (C=O) groups is 2. The van der Waals surface area contributed by atoms with Crippen molar-refractivity contribution in [2.24, 2.45) is 0 Å². The highest BCUT2D eigenvalue weighted by Gasteiger charge is 2.32. The topological polar surface area (TPSA) is 66.8 Å². The summed E-state index contributed by atoms with van der Waals surface area (Å²) in [6.07, 6.45) is 8.19. The van der Waals surface area contributed by atoms with Crippen LogP contribution in [0.1, 0.15) is 71.0 Å². The minimum Gasteiger partial charge on any atom is -0.508 e. The second-order valence-corrected chi connectivity index (χ2v) is 12.8. The van der Waals surface area contributed by atoms with Crippen molar-refractivity contribution in [3.8, 4) is 31.7 Å². The average molecular weight is 608 g/mol. The lowest BCUT2D eigenvalue weighted by molar-refractivity contribution is 0.104. The van der Waals surface area contributed by atoms with Gasteiger partial charge in [-0.3, -0.25) is 9.59 Å². The molecule has 1 aliphatic rings. The number of ketones is 1. The van der Waals surface area contributed by atoms with Gasteiger partial charge in [0, 0.05) is 33.1 Å². The fraction of sp³-hybridized carbons (Fsp3) is 0.222. The van der Waals surface area contributed by atoms with E-state index in [-0.39, 0.29) is 11.5 Å². The zero-order valence-corrected chi connectivity index (χ0v) is 25.7. The molecule has 0 fully saturated rings. The van der Waals surface area contributed by atoms with Gasteiger partial charge in [0.15, 0.2) is 12.1 Å². The zero-order valence-electron chi connectivity index (χ0n) is 24.0. The molecule has 3 aromatic carbocycles. The molecule has 0 unspecified atom stereocenters. The van der Waals surface area contributed by atoms with Gasteiger partial charge in [-0.05, 0) is 84.8 Å². The van der Waals surface area contributed by atoms with Gasteiger partial charge in [0.25, 0.3) is 0 Å². The van der Waals surface area contributed by atoms with E-state index >= 15 is 0 Å². The molecule has 43 heavy (non-hydrogen) atoms. The number of carbonyl (C=O) groups excluding carboxylic acids is 2. The Kier molecular flexibility index (Phi) is 8.72. The number of hydrogen-bond acceptors (Lipinski definition) is 7. The molecule has 218 valence electrons. The third-order valence-corrected chi connectivity index (χ3v) is 10.1. The summed E-state index contributed by atoms with van der Waals surface area (Å²) in [5.74, 6) is 1.06. The zero-order chi connectivity index (χ0) is 29.8. The van der Waals surface area contributed by atoms with Crippen molar-refractivity contribution >= 4 is 51.8 Å². The molecule has 0 atom stereocenters. The Morgan fingerprint density at radius 3 is 2.00 bits per heavy atom. The molecule has 2 heterocycles. The van der Waals surface area contributed by atoms with E-state index in [0.29, 0.717) is 16.0 Å². The Morgan fingerprint density at radius 2 is 1.33 bits per heavy atom. The summed E-state index contributed by atoms with van der Waals surface area (Å²) in [6.45, 7) is 2.95. The molecule has 2 aromatic heterocycles. The molecule has 0 amide bonds. The summed E-state index contributed by atoms with van der Waals surface area (Å²) >= 11 is 2.96. The van der Waals surface area contributed by atoms with Gasteiger partial charge in [-0.2, -0.15) is 0 Å². The summed E-state index contributed by atoms with van der Waals surface area (Å²) in [5, 5.41) is 9.91. The number of rotatable bonds is 13. The Labute approximate surface area is 260 Å². The third kappa shape index (κ3) is 6.14. The van der Waals surface area contributed by atoms with Gasteiger partial charge in [-0.15, -0.1) is 22.7 Å². The maximum Gasteiger partial charge on any atom is 0.196 e. The molecular weight excluding hydrogens is 575 g/mol. The smallest absolute Gasteiger partial charge is 0.196 e. The van der Waals surface area contributed by atoms with Crippen LogP contribution in [0.3, 0.4) is 0 Å². The van der Waals surface area contributed by atoms with Crippen molar-refractivity contribution < 1.29 is 19.4 Å². The first kappa shape index (κ1) is 28.9. The van der Waals surface area contributed by atoms with Crippen molar-refractivity contribution in [1.82, 2.24) is 0 Å². The van der Waals surface area contributed by atoms with Crippen molar-refractivity contribution in [3.63, 3.8) is 0 Å². The average Bonchev–Trinajstić information content (AvgIpc) is 3.72. The van der Waals surface area contributed by atoms with Crippen LogP contribution in [0.15, 0.2) is 84.9 Å². The first-order chi connectivity index (χ1) is 21.1. The van der Waals surface area contributed by atoms with Gasteiger partial charge in [-0.25, -0.2) is 0 Å². The molecule has 0 aliphatic heterocycles. The van der Waals surface area contributed by atoms with Crippen LogP contribution in [-0.4, -0.2) is 23.8 Å². The molecule has 6 rings (SSSR count). The number of phenols is 1. The number of aldehydes is 1. The van der Waals surface area contributed by atoms with Crippen LogP contribution in [0.2, 0.25) is 0 Å². The summed E-state index contributed by atoms with van der Waals surface area (Å²) in [6, 6.07) is 27.2. The maximum absolute atomic E-state index is 13.0. The van der Waals surface area contributed by atoms with E-state index in [2.05, 4.69) is 48.2 Å². The second kappa shape index (κ2) is 13.0. The minimum absolute atomic E-state index is 0.00799. The Hall–Kier alpha value is -4.20. The highest BCUT2D eigenvalue weighted by Crippen LogP contribution is 2.49. The van der Waals surface area contributed by atoms with E-state index < -0.39 is 0 Å². The maximum atomic E-state index is 13.0. The minimum atomic E-state index is -0.00799. The SMILES string of the molecule is CCCCCCCCOc1ccc(N(c2ccc(O)cc2)c2ccc(-c3cc4c(s3)-c3sc(C=O)cc3C4=O)cc2)cc1. The molecule has 0 saturated heterocycles. The fourth-order valence-corrected chi connectivity index (χ4v) is 7.70. The van der Waals surface area contributed by atoms with E-state index in [1.807, 2.05) is 30.3 Å². The molecule has 5 nitrogen and oxygen atoms in total. The highest BCUT2D eigenvalue weighted by molar-refractivity contribution is 7.25. The number of benzene rings is 3. The number of nitrogens with zero attached hydrogens (tertiary/aromatic N) is 1. The van der Waals surface area contributed by atoms with Gasteiger partial charge in [0.05, 0.1) is 21.2 Å². The van der Waals surface area contributed by atoms with Crippen LogP contribution >= 0.6 is 22.7 Å². The normalized spacial score (nSPS) is 11.8. The van der Waals surface area contributed by atoms with Gasteiger partial charge in [0.2, 0.25) is 0 Å². The van der Waals surface area contributed by atoms with E-state index in [4.69, 9.17) is 4.74 Å². The van der Waals surface area contributed by atoms with Gasteiger partial charge < -0.3 is 14.7 Å². The summed E-state index contributed by atoms with van der Waals surface area (Å²) in [4.78, 5) is 29.8. The van der Waals surface area contributed by atoms with Crippen LogP contribution in [0.4, 0.5) is 17.1 Å². The van der Waals surface area contributed by atoms with Crippen LogP contribution in [-0.2, 0) is 0 Å². The van der Waals surface area contributed by atoms with Gasteiger partial charge in [0.1, 0.15) is 11.5 Å². The quantitative estimate of drug-likeness (QED) is 0.104. The van der Waals surface area contributed by atoms with Crippen LogP contribution in [0.5, 0.6) is 11.5 Å². The number of aromatic hydroxyl groups is 1. The molecule has 0 bridgehead atoms. The van der Waals surface area contributed by atoms with Crippen LogP contribution in [0.25, 0.3) is 20.2 Å². The third-order valence-electron chi connectivity index (χ3n) is 7.67. The number of ether oxygens (including phenoxy) is 1. The first-order valence-electron chi connectivity index (χ1n) is 14.8. The van der Waals surface area contributed by atoms with Gasteiger partial charge in [-0.1, -0.05) is 51.2 Å². The summed E-state index contributed by atoms with van der Waals surface area (Å²) in [5.41, 5.74) is 5.23. The van der Waals surface area contributed by atoms with Crippen molar-refractivity contribution in [2.75, 3.05) is 11.5 Å². The number of fused-ring (bicyclic) bond motifs is 3. The molecule has 0 radical (unpaired) electrons. The number of hydrogen-bond donors (Lipinski definition) is 1. The molecule has 0 spiro atoms. The Morgan fingerprint density at radius 1 is 0.744 bits per heavy atom. The predicted octanol–water partition coefficient (Wildman–Crippen LogP) is 10.4. The molecule has 5 aromatic rings.